The number of phenols is 1. The van der Waals surface area contributed by atoms with Gasteiger partial charge in [0.1, 0.15) is 5.75 Å². The summed E-state index contributed by atoms with van der Waals surface area (Å²) in [6.07, 6.45) is 3.06. The number of hydrogen-bond donors (Lipinski definition) is 2. The minimum Gasteiger partial charge on any atom is -0.506 e. The van der Waals surface area contributed by atoms with E-state index in [9.17, 15) is 9.90 Å². The van der Waals surface area contributed by atoms with E-state index in [1.165, 1.54) is 6.21 Å². The number of halogens is 2. The lowest BCUT2D eigenvalue weighted by Gasteiger charge is -2.08. The largest absolute Gasteiger partial charge is 0.506 e. The molecule has 4 aromatic rings. The summed E-state index contributed by atoms with van der Waals surface area (Å²) in [6.45, 7) is 0. The van der Waals surface area contributed by atoms with Crippen LogP contribution >= 0.6 is 31.9 Å². The lowest BCUT2D eigenvalue weighted by molar-refractivity contribution is 0.0956. The van der Waals surface area contributed by atoms with Crippen molar-refractivity contribution in [3.05, 3.63) is 86.9 Å². The van der Waals surface area contributed by atoms with Gasteiger partial charge in [-0.1, -0.05) is 40.2 Å². The van der Waals surface area contributed by atoms with Gasteiger partial charge in [0.25, 0.3) is 5.91 Å². The Bertz CT molecular complexity index is 1280. The van der Waals surface area contributed by atoms with Crippen molar-refractivity contribution in [3.63, 3.8) is 0 Å². The van der Waals surface area contributed by atoms with E-state index in [0.29, 0.717) is 37.9 Å². The van der Waals surface area contributed by atoms with Crippen molar-refractivity contribution in [3.8, 4) is 17.1 Å². The number of carbonyl (C=O) groups is 1. The molecule has 148 valence electrons. The summed E-state index contributed by atoms with van der Waals surface area (Å²) in [5.74, 6) is -0.362. The minimum absolute atomic E-state index is 0.0306. The predicted molar refractivity (Wildman–Crippen MR) is 124 cm³/mol. The zero-order valence-corrected chi connectivity index (χ0v) is 18.6. The normalized spacial score (nSPS) is 11.1. The lowest BCUT2D eigenvalue weighted by atomic mass is 10.1. The third-order valence-corrected chi connectivity index (χ3v) is 5.38. The molecule has 30 heavy (non-hydrogen) atoms. The summed E-state index contributed by atoms with van der Waals surface area (Å²) in [5.41, 5.74) is 5.35. The fraction of sp³-hybridized carbons (Fsp3) is 0. The molecule has 0 atom stereocenters. The van der Waals surface area contributed by atoms with Crippen LogP contribution < -0.4 is 5.43 Å². The second-order valence-electron chi connectivity index (χ2n) is 6.31. The molecule has 6 nitrogen and oxygen atoms in total. The average molecular weight is 526 g/mol. The lowest BCUT2D eigenvalue weighted by Crippen LogP contribution is -2.18. The molecule has 0 saturated carbocycles. The Hall–Kier alpha value is -3.10. The standard InChI is InChI=1S/C22H14Br2N4O2/c23-14-9-13(21(29)17(24)10-14)12-26-28-22(30)16-11-20(19-7-3-4-8-25-19)27-18-6-2-1-5-15(16)18/h1-12,29H,(H,28,30). The number of aromatic nitrogens is 2. The van der Waals surface area contributed by atoms with Gasteiger partial charge < -0.3 is 5.11 Å². The monoisotopic (exact) mass is 524 g/mol. The first-order chi connectivity index (χ1) is 14.5. The summed E-state index contributed by atoms with van der Waals surface area (Å²) in [7, 11) is 0. The van der Waals surface area contributed by atoms with Crippen LogP contribution in [-0.2, 0) is 0 Å². The maximum atomic E-state index is 12.9. The number of rotatable bonds is 4. The van der Waals surface area contributed by atoms with Gasteiger partial charge in [0, 0.05) is 21.6 Å². The highest BCUT2D eigenvalue weighted by Gasteiger charge is 2.14. The summed E-state index contributed by atoms with van der Waals surface area (Å²) >= 11 is 6.63. The molecule has 2 heterocycles. The van der Waals surface area contributed by atoms with Gasteiger partial charge in [0.15, 0.2) is 0 Å². The van der Waals surface area contributed by atoms with Crippen molar-refractivity contribution in [2.75, 3.05) is 0 Å². The highest BCUT2D eigenvalue weighted by Crippen LogP contribution is 2.30. The van der Waals surface area contributed by atoms with Gasteiger partial charge in [-0.05, 0) is 52.3 Å². The molecule has 0 fully saturated rings. The number of amides is 1. The van der Waals surface area contributed by atoms with E-state index < -0.39 is 5.91 Å². The molecular formula is C22H14Br2N4O2. The third kappa shape index (κ3) is 4.24. The summed E-state index contributed by atoms with van der Waals surface area (Å²) in [4.78, 5) is 21.8. The van der Waals surface area contributed by atoms with E-state index >= 15 is 0 Å². The number of benzene rings is 2. The van der Waals surface area contributed by atoms with Crippen LogP contribution in [0.5, 0.6) is 5.75 Å². The molecule has 2 N–H and O–H groups in total. The SMILES string of the molecule is O=C(NN=Cc1cc(Br)cc(Br)c1O)c1cc(-c2ccccn2)nc2ccccc12. The topological polar surface area (TPSA) is 87.5 Å². The molecule has 0 aliphatic carbocycles. The van der Waals surface area contributed by atoms with Crippen LogP contribution in [0.25, 0.3) is 22.3 Å². The highest BCUT2D eigenvalue weighted by molar-refractivity contribution is 9.11. The number of carbonyl (C=O) groups excluding carboxylic acids is 1. The predicted octanol–water partition coefficient (Wildman–Crippen LogP) is 5.29. The summed E-state index contributed by atoms with van der Waals surface area (Å²) in [6, 6.07) is 18.0. The Morgan fingerprint density at radius 1 is 1.03 bits per heavy atom. The molecule has 0 aliphatic rings. The van der Waals surface area contributed by atoms with E-state index in [1.54, 1.807) is 24.4 Å². The Balaban J connectivity index is 1.68. The number of para-hydroxylation sites is 1. The van der Waals surface area contributed by atoms with E-state index in [-0.39, 0.29) is 5.75 Å². The van der Waals surface area contributed by atoms with Gasteiger partial charge in [-0.25, -0.2) is 10.4 Å². The summed E-state index contributed by atoms with van der Waals surface area (Å²) in [5, 5.41) is 14.8. The van der Waals surface area contributed by atoms with Crippen molar-refractivity contribution in [1.29, 1.82) is 0 Å². The zero-order valence-electron chi connectivity index (χ0n) is 15.4. The van der Waals surface area contributed by atoms with Crippen LogP contribution in [-0.4, -0.2) is 27.2 Å². The van der Waals surface area contributed by atoms with Crippen LogP contribution in [0.15, 0.2) is 80.9 Å². The molecule has 1 amide bonds. The number of phenolic OH excluding ortho intramolecular Hbond substituents is 1. The van der Waals surface area contributed by atoms with E-state index in [4.69, 9.17) is 0 Å². The number of fused-ring (bicyclic) bond motifs is 1. The molecule has 0 bridgehead atoms. The average Bonchev–Trinajstić information content (AvgIpc) is 2.76. The molecule has 0 saturated heterocycles. The number of nitrogens with zero attached hydrogens (tertiary/aromatic N) is 3. The molecule has 2 aromatic carbocycles. The summed E-state index contributed by atoms with van der Waals surface area (Å²) < 4.78 is 1.28. The van der Waals surface area contributed by atoms with Crippen molar-refractivity contribution in [1.82, 2.24) is 15.4 Å². The highest BCUT2D eigenvalue weighted by atomic mass is 79.9. The molecule has 2 aromatic heterocycles. The van der Waals surface area contributed by atoms with Crippen LogP contribution in [0.1, 0.15) is 15.9 Å². The van der Waals surface area contributed by atoms with E-state index in [1.807, 2.05) is 42.5 Å². The van der Waals surface area contributed by atoms with Crippen molar-refractivity contribution in [2.45, 2.75) is 0 Å². The smallest absolute Gasteiger partial charge is 0.272 e. The first-order valence-corrected chi connectivity index (χ1v) is 10.4. The van der Waals surface area contributed by atoms with Crippen molar-refractivity contribution in [2.24, 2.45) is 5.10 Å². The quantitative estimate of drug-likeness (QED) is 0.280. The second kappa shape index (κ2) is 8.73. The van der Waals surface area contributed by atoms with Crippen molar-refractivity contribution < 1.29 is 9.90 Å². The zero-order chi connectivity index (χ0) is 21.1. The molecule has 0 radical (unpaired) electrons. The van der Waals surface area contributed by atoms with Crippen LogP contribution in [0.4, 0.5) is 0 Å². The van der Waals surface area contributed by atoms with Gasteiger partial charge in [-0.3, -0.25) is 9.78 Å². The van der Waals surface area contributed by atoms with Crippen molar-refractivity contribution >= 4 is 54.9 Å². The van der Waals surface area contributed by atoms with Gasteiger partial charge >= 0.3 is 0 Å². The van der Waals surface area contributed by atoms with E-state index in [0.717, 1.165) is 4.47 Å². The van der Waals surface area contributed by atoms with Crippen LogP contribution in [0.2, 0.25) is 0 Å². The number of hydrazone groups is 1. The Morgan fingerprint density at radius 2 is 1.83 bits per heavy atom. The van der Waals surface area contributed by atoms with Crippen LogP contribution in [0, 0.1) is 0 Å². The number of pyridine rings is 2. The van der Waals surface area contributed by atoms with Gasteiger partial charge in [-0.15, -0.1) is 0 Å². The molecule has 0 aliphatic heterocycles. The van der Waals surface area contributed by atoms with Gasteiger partial charge in [0.2, 0.25) is 0 Å². The first-order valence-electron chi connectivity index (χ1n) is 8.85. The Morgan fingerprint density at radius 3 is 2.63 bits per heavy atom. The maximum Gasteiger partial charge on any atom is 0.272 e. The second-order valence-corrected chi connectivity index (χ2v) is 8.08. The minimum atomic E-state index is -0.393. The molecular weight excluding hydrogens is 512 g/mol. The first kappa shape index (κ1) is 20.2. The van der Waals surface area contributed by atoms with E-state index in [2.05, 4.69) is 52.4 Å². The van der Waals surface area contributed by atoms with Gasteiger partial charge in [-0.2, -0.15) is 5.10 Å². The number of nitrogens with one attached hydrogen (secondary N) is 1. The molecule has 0 spiro atoms. The number of aromatic hydroxyl groups is 1. The maximum absolute atomic E-state index is 12.9. The molecule has 0 unspecified atom stereocenters. The van der Waals surface area contributed by atoms with Crippen LogP contribution in [0.3, 0.4) is 0 Å². The fourth-order valence-electron chi connectivity index (χ4n) is 2.91. The molecule has 4 rings (SSSR count). The Labute approximate surface area is 189 Å². The van der Waals surface area contributed by atoms with Gasteiger partial charge in [0.05, 0.1) is 33.2 Å². The Kier molecular flexibility index (Phi) is 5.87. The fourth-order valence-corrected chi connectivity index (χ4v) is 4.17. The third-order valence-electron chi connectivity index (χ3n) is 4.32. The number of hydrogen-bond acceptors (Lipinski definition) is 5. The molecule has 8 heteroatoms.